The lowest BCUT2D eigenvalue weighted by atomic mass is 9.66. The van der Waals surface area contributed by atoms with Crippen LogP contribution in [0.4, 0.5) is 0 Å². The van der Waals surface area contributed by atoms with Crippen molar-refractivity contribution in [1.82, 2.24) is 0 Å². The van der Waals surface area contributed by atoms with Gasteiger partial charge < -0.3 is 4.74 Å². The van der Waals surface area contributed by atoms with Gasteiger partial charge in [0.1, 0.15) is 0 Å². The van der Waals surface area contributed by atoms with Crippen LogP contribution in [0.15, 0.2) is 0 Å². The third-order valence-electron chi connectivity index (χ3n) is 3.85. The lowest BCUT2D eigenvalue weighted by molar-refractivity contribution is -0.135. The van der Waals surface area contributed by atoms with Crippen LogP contribution >= 0.6 is 0 Å². The van der Waals surface area contributed by atoms with Gasteiger partial charge in [-0.3, -0.25) is 0 Å². The highest BCUT2D eigenvalue weighted by atomic mass is 16.5. The van der Waals surface area contributed by atoms with Gasteiger partial charge in [0.15, 0.2) is 0 Å². The summed E-state index contributed by atoms with van der Waals surface area (Å²) in [6.07, 6.45) is 2.24. The first-order chi connectivity index (χ1) is 5.88. The average Bonchev–Trinajstić information content (AvgIpc) is 2.06. The van der Waals surface area contributed by atoms with Gasteiger partial charge in [-0.25, -0.2) is 0 Å². The monoisotopic (exact) mass is 186 g/mol. The average molecular weight is 186 g/mol. The highest BCUT2D eigenvalue weighted by molar-refractivity contribution is 4.95. The smallest absolute Gasteiger partial charge is 0.0749 e. The molecule has 0 rings (SSSR count). The molecular formula is C12H26O. The summed E-state index contributed by atoms with van der Waals surface area (Å²) in [7, 11) is 1.85. The molecule has 0 N–H and O–H groups in total. The summed E-state index contributed by atoms with van der Waals surface area (Å²) in [5.74, 6) is 0.567. The summed E-state index contributed by atoms with van der Waals surface area (Å²) in [6.45, 7) is 13.6. The first kappa shape index (κ1) is 13.0. The Balaban J connectivity index is 4.97. The van der Waals surface area contributed by atoms with Crippen LogP contribution in [-0.2, 0) is 4.74 Å². The Kier molecular flexibility index (Phi) is 4.44. The van der Waals surface area contributed by atoms with Crippen molar-refractivity contribution in [2.75, 3.05) is 7.11 Å². The molecule has 0 heterocycles. The van der Waals surface area contributed by atoms with Crippen molar-refractivity contribution in [1.29, 1.82) is 0 Å². The predicted molar refractivity (Wildman–Crippen MR) is 58.9 cm³/mol. The number of methoxy groups -OCH3 is 1. The SMILES string of the molecule is CCC(C)(C)[C@](CC)(OC)C(C)C. The van der Waals surface area contributed by atoms with E-state index in [9.17, 15) is 0 Å². The van der Waals surface area contributed by atoms with Crippen LogP contribution in [0.25, 0.3) is 0 Å². The number of rotatable bonds is 5. The fraction of sp³-hybridized carbons (Fsp3) is 1.00. The molecule has 1 atom stereocenters. The van der Waals surface area contributed by atoms with Crippen LogP contribution < -0.4 is 0 Å². The van der Waals surface area contributed by atoms with Crippen LogP contribution in [0.2, 0.25) is 0 Å². The third kappa shape index (κ3) is 2.07. The molecule has 0 saturated carbocycles. The van der Waals surface area contributed by atoms with E-state index in [1.807, 2.05) is 7.11 Å². The Labute approximate surface area is 83.9 Å². The Hall–Kier alpha value is -0.0400. The van der Waals surface area contributed by atoms with Gasteiger partial charge in [0, 0.05) is 7.11 Å². The maximum Gasteiger partial charge on any atom is 0.0749 e. The molecule has 0 fully saturated rings. The van der Waals surface area contributed by atoms with Crippen molar-refractivity contribution in [3.63, 3.8) is 0 Å². The highest BCUT2D eigenvalue weighted by Gasteiger charge is 2.44. The molecule has 0 spiro atoms. The quantitative estimate of drug-likeness (QED) is 0.633. The van der Waals surface area contributed by atoms with Gasteiger partial charge in [0.05, 0.1) is 5.60 Å². The lowest BCUT2D eigenvalue weighted by Crippen LogP contribution is -2.49. The Bertz CT molecular complexity index is 143. The second kappa shape index (κ2) is 4.45. The van der Waals surface area contributed by atoms with Crippen LogP contribution in [0.3, 0.4) is 0 Å². The van der Waals surface area contributed by atoms with Gasteiger partial charge in [-0.1, -0.05) is 41.5 Å². The van der Waals surface area contributed by atoms with E-state index in [0.717, 1.165) is 12.8 Å². The molecule has 0 saturated heterocycles. The molecule has 0 aromatic rings. The minimum absolute atomic E-state index is 0.0295. The topological polar surface area (TPSA) is 9.23 Å². The Morgan fingerprint density at radius 1 is 1.08 bits per heavy atom. The van der Waals surface area contributed by atoms with Crippen molar-refractivity contribution in [3.8, 4) is 0 Å². The lowest BCUT2D eigenvalue weighted by Gasteiger charge is -2.48. The van der Waals surface area contributed by atoms with Gasteiger partial charge in [-0.15, -0.1) is 0 Å². The summed E-state index contributed by atoms with van der Waals surface area (Å²) >= 11 is 0. The van der Waals surface area contributed by atoms with E-state index < -0.39 is 0 Å². The molecule has 0 aliphatic carbocycles. The summed E-state index contributed by atoms with van der Waals surface area (Å²) in [5.41, 5.74) is 0.284. The van der Waals surface area contributed by atoms with Gasteiger partial charge >= 0.3 is 0 Å². The van der Waals surface area contributed by atoms with E-state index in [2.05, 4.69) is 41.5 Å². The first-order valence-corrected chi connectivity index (χ1v) is 5.43. The van der Waals surface area contributed by atoms with E-state index >= 15 is 0 Å². The molecule has 0 aromatic heterocycles. The molecular weight excluding hydrogens is 160 g/mol. The molecule has 1 heteroatoms. The molecule has 0 aromatic carbocycles. The van der Waals surface area contributed by atoms with E-state index in [1.165, 1.54) is 0 Å². The van der Waals surface area contributed by atoms with Gasteiger partial charge in [0.2, 0.25) is 0 Å². The van der Waals surface area contributed by atoms with E-state index in [-0.39, 0.29) is 11.0 Å². The molecule has 0 aliphatic heterocycles. The second-order valence-corrected chi connectivity index (χ2v) is 4.84. The third-order valence-corrected chi connectivity index (χ3v) is 3.85. The first-order valence-electron chi connectivity index (χ1n) is 5.43. The van der Waals surface area contributed by atoms with Crippen molar-refractivity contribution in [3.05, 3.63) is 0 Å². The predicted octanol–water partition coefficient (Wildman–Crippen LogP) is 3.87. The van der Waals surface area contributed by atoms with Crippen LogP contribution in [0.1, 0.15) is 54.4 Å². The fourth-order valence-corrected chi connectivity index (χ4v) is 2.62. The van der Waals surface area contributed by atoms with Crippen molar-refractivity contribution in [2.45, 2.75) is 60.0 Å². The summed E-state index contributed by atoms with van der Waals surface area (Å²) < 4.78 is 5.80. The minimum Gasteiger partial charge on any atom is -0.377 e. The number of ether oxygens (including phenoxy) is 1. The zero-order chi connectivity index (χ0) is 10.7. The van der Waals surface area contributed by atoms with E-state index in [1.54, 1.807) is 0 Å². The second-order valence-electron chi connectivity index (χ2n) is 4.84. The van der Waals surface area contributed by atoms with Gasteiger partial charge in [0.25, 0.3) is 0 Å². The van der Waals surface area contributed by atoms with Gasteiger partial charge in [-0.05, 0) is 24.2 Å². The largest absolute Gasteiger partial charge is 0.377 e. The molecule has 0 aliphatic rings. The zero-order valence-electron chi connectivity index (χ0n) is 10.4. The van der Waals surface area contributed by atoms with Crippen LogP contribution in [0.5, 0.6) is 0 Å². The van der Waals surface area contributed by atoms with E-state index in [4.69, 9.17) is 4.74 Å². The van der Waals surface area contributed by atoms with Crippen molar-refractivity contribution >= 4 is 0 Å². The molecule has 1 nitrogen and oxygen atoms in total. The standard InChI is InChI=1S/C12H26O/c1-8-11(5,6)12(9-2,13-7)10(3)4/h10H,8-9H2,1-7H3/t12-/m1/s1. The molecule has 0 amide bonds. The van der Waals surface area contributed by atoms with Gasteiger partial charge in [-0.2, -0.15) is 0 Å². The Morgan fingerprint density at radius 2 is 1.54 bits per heavy atom. The summed E-state index contributed by atoms with van der Waals surface area (Å²) in [6, 6.07) is 0. The molecule has 0 bridgehead atoms. The molecule has 80 valence electrons. The fourth-order valence-electron chi connectivity index (χ4n) is 2.62. The highest BCUT2D eigenvalue weighted by Crippen LogP contribution is 2.44. The maximum atomic E-state index is 5.80. The summed E-state index contributed by atoms with van der Waals surface area (Å²) in [5, 5.41) is 0. The number of hydrogen-bond donors (Lipinski definition) is 0. The minimum atomic E-state index is 0.0295. The molecule has 13 heavy (non-hydrogen) atoms. The summed E-state index contributed by atoms with van der Waals surface area (Å²) in [4.78, 5) is 0. The normalized spacial score (nSPS) is 17.5. The zero-order valence-corrected chi connectivity index (χ0v) is 10.4. The Morgan fingerprint density at radius 3 is 1.62 bits per heavy atom. The van der Waals surface area contributed by atoms with E-state index in [0.29, 0.717) is 5.92 Å². The van der Waals surface area contributed by atoms with Crippen molar-refractivity contribution < 1.29 is 4.74 Å². The van der Waals surface area contributed by atoms with Crippen LogP contribution in [-0.4, -0.2) is 12.7 Å². The van der Waals surface area contributed by atoms with Crippen molar-refractivity contribution in [2.24, 2.45) is 11.3 Å². The number of hydrogen-bond acceptors (Lipinski definition) is 1. The van der Waals surface area contributed by atoms with Crippen LogP contribution in [0, 0.1) is 11.3 Å². The maximum absolute atomic E-state index is 5.80. The molecule has 0 radical (unpaired) electrons. The molecule has 0 unspecified atom stereocenters.